The van der Waals surface area contributed by atoms with Gasteiger partial charge in [-0.15, -0.1) is 0 Å². The van der Waals surface area contributed by atoms with Crippen LogP contribution in [0.25, 0.3) is 0 Å². The Labute approximate surface area is 150 Å². The minimum absolute atomic E-state index is 0.250. The molecule has 1 aromatic carbocycles. The Morgan fingerprint density at radius 1 is 1.28 bits per heavy atom. The number of nitrogens with zero attached hydrogens (tertiary/aromatic N) is 2. The molecule has 3 rings (SSSR count). The Morgan fingerprint density at radius 2 is 1.88 bits per heavy atom. The number of nitrogens with two attached hydrogens (primary N) is 1. The fourth-order valence-electron chi connectivity index (χ4n) is 2.87. The number of anilines is 2. The molecule has 0 bridgehead atoms. The summed E-state index contributed by atoms with van der Waals surface area (Å²) in [7, 11) is 0. The number of nitrogens with one attached hydrogen (secondary N) is 1. The summed E-state index contributed by atoms with van der Waals surface area (Å²) >= 11 is 5.88. The predicted molar refractivity (Wildman–Crippen MR) is 96.3 cm³/mol. The molecule has 8 heteroatoms. The molecule has 1 fully saturated rings. The standard InChI is InChI=1S/C16H19ClN4O.CH2O2/c17-11-6-8-12(9-7-11)19-16-14(15(18)22)10-21(20-16)13-4-2-1-3-5-13;2-1-3/h6-10,13H,1-5H2,(H2,18,22)(H,19,20);1H,(H,2,3). The average Bonchev–Trinajstić information content (AvgIpc) is 3.03. The highest BCUT2D eigenvalue weighted by Crippen LogP contribution is 2.30. The molecule has 1 aliphatic carbocycles. The van der Waals surface area contributed by atoms with Gasteiger partial charge in [-0.25, -0.2) is 0 Å². The zero-order valence-electron chi connectivity index (χ0n) is 13.7. The van der Waals surface area contributed by atoms with Crippen LogP contribution in [0.5, 0.6) is 0 Å². The largest absolute Gasteiger partial charge is 0.483 e. The minimum atomic E-state index is -0.474. The van der Waals surface area contributed by atoms with Crippen LogP contribution >= 0.6 is 11.6 Å². The number of rotatable bonds is 4. The molecule has 1 saturated carbocycles. The van der Waals surface area contributed by atoms with E-state index in [4.69, 9.17) is 27.2 Å². The number of benzene rings is 1. The van der Waals surface area contributed by atoms with Crippen LogP contribution in [0.15, 0.2) is 30.5 Å². The van der Waals surface area contributed by atoms with Gasteiger partial charge in [-0.3, -0.25) is 14.3 Å². The Balaban J connectivity index is 0.000000701. The van der Waals surface area contributed by atoms with E-state index in [1.54, 1.807) is 18.3 Å². The molecule has 0 unspecified atom stereocenters. The number of aromatic nitrogens is 2. The van der Waals surface area contributed by atoms with E-state index in [-0.39, 0.29) is 6.47 Å². The van der Waals surface area contributed by atoms with Gasteiger partial charge in [-0.2, -0.15) is 5.10 Å². The Hall–Kier alpha value is -2.54. The minimum Gasteiger partial charge on any atom is -0.483 e. The van der Waals surface area contributed by atoms with Gasteiger partial charge in [0.2, 0.25) is 0 Å². The molecule has 2 aromatic rings. The zero-order valence-corrected chi connectivity index (χ0v) is 14.4. The maximum absolute atomic E-state index is 11.7. The highest BCUT2D eigenvalue weighted by molar-refractivity contribution is 6.30. The Kier molecular flexibility index (Phi) is 6.82. The second kappa shape index (κ2) is 9.08. The van der Waals surface area contributed by atoms with Crippen LogP contribution in [0.1, 0.15) is 48.5 Å². The average molecular weight is 365 g/mol. The molecule has 1 aromatic heterocycles. The van der Waals surface area contributed by atoms with Crippen molar-refractivity contribution < 1.29 is 14.7 Å². The smallest absolute Gasteiger partial charge is 0.290 e. The van der Waals surface area contributed by atoms with Crippen LogP contribution in [0.3, 0.4) is 0 Å². The summed E-state index contributed by atoms with van der Waals surface area (Å²) < 4.78 is 1.89. The van der Waals surface area contributed by atoms with Gasteiger partial charge >= 0.3 is 0 Å². The van der Waals surface area contributed by atoms with Crippen LogP contribution in [0.4, 0.5) is 11.5 Å². The molecule has 0 radical (unpaired) electrons. The van der Waals surface area contributed by atoms with Crippen LogP contribution < -0.4 is 11.1 Å². The van der Waals surface area contributed by atoms with Gasteiger partial charge in [0, 0.05) is 16.9 Å². The molecular weight excluding hydrogens is 344 g/mol. The monoisotopic (exact) mass is 364 g/mol. The van der Waals surface area contributed by atoms with Gasteiger partial charge in [0.1, 0.15) is 5.56 Å². The molecule has 134 valence electrons. The first-order valence-electron chi connectivity index (χ1n) is 8.04. The van der Waals surface area contributed by atoms with Crippen molar-refractivity contribution in [2.24, 2.45) is 5.73 Å². The number of carboxylic acid groups (broad SMARTS) is 1. The number of hydrogen-bond acceptors (Lipinski definition) is 4. The third kappa shape index (κ3) is 5.22. The summed E-state index contributed by atoms with van der Waals surface area (Å²) in [4.78, 5) is 20.0. The molecule has 1 amide bonds. The molecule has 0 saturated heterocycles. The lowest BCUT2D eigenvalue weighted by Gasteiger charge is -2.21. The van der Waals surface area contributed by atoms with E-state index >= 15 is 0 Å². The van der Waals surface area contributed by atoms with Gasteiger partial charge in [-0.05, 0) is 37.1 Å². The fraction of sp³-hybridized carbons (Fsp3) is 0.353. The van der Waals surface area contributed by atoms with Crippen molar-refractivity contribution in [3.05, 3.63) is 41.0 Å². The highest BCUT2D eigenvalue weighted by atomic mass is 35.5. The second-order valence-corrected chi connectivity index (χ2v) is 6.20. The first-order valence-corrected chi connectivity index (χ1v) is 8.42. The summed E-state index contributed by atoms with van der Waals surface area (Å²) in [6.45, 7) is -0.250. The van der Waals surface area contributed by atoms with Crippen molar-refractivity contribution in [1.82, 2.24) is 9.78 Å². The van der Waals surface area contributed by atoms with Crippen molar-refractivity contribution in [3.63, 3.8) is 0 Å². The van der Waals surface area contributed by atoms with Crippen molar-refractivity contribution in [3.8, 4) is 0 Å². The summed E-state index contributed by atoms with van der Waals surface area (Å²) in [5.41, 5.74) is 6.72. The first-order chi connectivity index (χ1) is 12.0. The maximum atomic E-state index is 11.7. The predicted octanol–water partition coefficient (Wildman–Crippen LogP) is 3.59. The Morgan fingerprint density at radius 3 is 2.44 bits per heavy atom. The fourth-order valence-corrected chi connectivity index (χ4v) is 2.99. The molecule has 0 atom stereocenters. The topological polar surface area (TPSA) is 110 Å². The highest BCUT2D eigenvalue weighted by Gasteiger charge is 2.20. The molecule has 1 heterocycles. The van der Waals surface area contributed by atoms with E-state index < -0.39 is 5.91 Å². The zero-order chi connectivity index (χ0) is 18.2. The molecule has 0 aliphatic heterocycles. The summed E-state index contributed by atoms with van der Waals surface area (Å²) in [6.07, 6.45) is 7.64. The molecule has 0 spiro atoms. The van der Waals surface area contributed by atoms with Gasteiger partial charge < -0.3 is 16.2 Å². The SMILES string of the molecule is NC(=O)c1cn(C2CCCCC2)nc1Nc1ccc(Cl)cc1.O=CO. The van der Waals surface area contributed by atoms with E-state index in [9.17, 15) is 4.79 Å². The number of primary amides is 1. The lowest BCUT2D eigenvalue weighted by molar-refractivity contribution is -0.122. The van der Waals surface area contributed by atoms with Crippen molar-refractivity contribution in [2.75, 3.05) is 5.32 Å². The Bertz CT molecular complexity index is 709. The first kappa shape index (κ1) is 18.8. The van der Waals surface area contributed by atoms with E-state index in [1.807, 2.05) is 16.8 Å². The van der Waals surface area contributed by atoms with Crippen LogP contribution in [-0.2, 0) is 4.79 Å². The number of halogens is 1. The lowest BCUT2D eigenvalue weighted by atomic mass is 9.96. The van der Waals surface area contributed by atoms with Crippen molar-refractivity contribution in [1.29, 1.82) is 0 Å². The van der Waals surface area contributed by atoms with Gasteiger partial charge in [0.25, 0.3) is 12.4 Å². The maximum Gasteiger partial charge on any atom is 0.290 e. The van der Waals surface area contributed by atoms with Gasteiger partial charge in [0.15, 0.2) is 5.82 Å². The summed E-state index contributed by atoms with van der Waals surface area (Å²) in [5.74, 6) is 0.0268. The quantitative estimate of drug-likeness (QED) is 0.718. The van der Waals surface area contributed by atoms with Crippen molar-refractivity contribution in [2.45, 2.75) is 38.1 Å². The molecule has 1 aliphatic rings. The van der Waals surface area contributed by atoms with Crippen LogP contribution in [0, 0.1) is 0 Å². The van der Waals surface area contributed by atoms with E-state index in [2.05, 4.69) is 10.4 Å². The van der Waals surface area contributed by atoms with Crippen LogP contribution in [0.2, 0.25) is 5.02 Å². The lowest BCUT2D eigenvalue weighted by Crippen LogP contribution is -2.14. The van der Waals surface area contributed by atoms with Gasteiger partial charge in [-0.1, -0.05) is 30.9 Å². The number of carbonyl (C=O) groups excluding carboxylic acids is 1. The molecular formula is C17H21ClN4O3. The summed E-state index contributed by atoms with van der Waals surface area (Å²) in [6, 6.07) is 7.60. The van der Waals surface area contributed by atoms with E-state index in [0.29, 0.717) is 22.4 Å². The molecule has 25 heavy (non-hydrogen) atoms. The number of hydrogen-bond donors (Lipinski definition) is 3. The third-order valence-electron chi connectivity index (χ3n) is 4.05. The molecule has 4 N–H and O–H groups in total. The second-order valence-electron chi connectivity index (χ2n) is 5.76. The van der Waals surface area contributed by atoms with E-state index in [1.165, 1.54) is 19.3 Å². The number of carbonyl (C=O) groups is 2. The van der Waals surface area contributed by atoms with E-state index in [0.717, 1.165) is 18.5 Å². The third-order valence-corrected chi connectivity index (χ3v) is 4.31. The number of amides is 1. The normalized spacial score (nSPS) is 14.3. The van der Waals surface area contributed by atoms with Crippen molar-refractivity contribution >= 4 is 35.5 Å². The van der Waals surface area contributed by atoms with Crippen LogP contribution in [-0.4, -0.2) is 27.3 Å². The summed E-state index contributed by atoms with van der Waals surface area (Å²) in [5, 5.41) is 15.2. The molecule has 7 nitrogen and oxygen atoms in total. The van der Waals surface area contributed by atoms with Gasteiger partial charge in [0.05, 0.1) is 6.04 Å².